The second kappa shape index (κ2) is 24.6. The first-order valence-electron chi connectivity index (χ1n) is 16.7. The number of esters is 1. The Balaban J connectivity index is 2.18. The summed E-state index contributed by atoms with van der Waals surface area (Å²) in [5, 5.41) is 0. The van der Waals surface area contributed by atoms with Crippen LogP contribution in [0.3, 0.4) is 0 Å². The minimum Gasteiger partial charge on any atom is -0.459 e. The lowest BCUT2D eigenvalue weighted by Gasteiger charge is -2.10. The van der Waals surface area contributed by atoms with Gasteiger partial charge in [-0.3, -0.25) is 4.79 Å². The monoisotopic (exact) mass is 530 g/mol. The van der Waals surface area contributed by atoms with Crippen LogP contribution in [0.25, 0.3) is 0 Å². The molecule has 0 radical (unpaired) electrons. The summed E-state index contributed by atoms with van der Waals surface area (Å²) < 4.78 is 7.99. The molecule has 0 amide bonds. The Kier molecular flexibility index (Phi) is 22.5. The number of aromatic nitrogens is 1. The van der Waals surface area contributed by atoms with E-state index in [-0.39, 0.29) is 5.97 Å². The largest absolute Gasteiger partial charge is 0.459 e. The molecule has 0 bridgehead atoms. The van der Waals surface area contributed by atoms with Crippen LogP contribution in [-0.4, -0.2) is 12.6 Å². The Morgan fingerprint density at radius 3 is 1.58 bits per heavy atom. The Morgan fingerprint density at radius 2 is 1.08 bits per heavy atom. The van der Waals surface area contributed by atoms with Gasteiger partial charge in [0.25, 0.3) is 0 Å². The van der Waals surface area contributed by atoms with E-state index >= 15 is 0 Å². The number of ether oxygens (including phenoxy) is 1. The molecule has 0 saturated carbocycles. The van der Waals surface area contributed by atoms with Gasteiger partial charge in [0.2, 0.25) is 0 Å². The topological polar surface area (TPSA) is 30.2 Å². The maximum atomic E-state index is 12.2. The van der Waals surface area contributed by atoms with Gasteiger partial charge in [0, 0.05) is 31.9 Å². The first kappa shape index (κ1) is 34.6. The van der Waals surface area contributed by atoms with Gasteiger partial charge in [0.15, 0.2) is 24.5 Å². The van der Waals surface area contributed by atoms with Gasteiger partial charge >= 0.3 is 5.97 Å². The van der Waals surface area contributed by atoms with Gasteiger partial charge in [-0.25, -0.2) is 0 Å². The molecule has 1 rings (SSSR count). The van der Waals surface area contributed by atoms with E-state index in [1.54, 1.807) is 0 Å². The highest BCUT2D eigenvalue weighted by molar-refractivity contribution is 5.69. The maximum absolute atomic E-state index is 12.2. The molecule has 38 heavy (non-hydrogen) atoms. The third-order valence-electron chi connectivity index (χ3n) is 7.95. The van der Waals surface area contributed by atoms with Crippen molar-refractivity contribution in [1.82, 2.24) is 0 Å². The van der Waals surface area contributed by atoms with Crippen molar-refractivity contribution in [1.29, 1.82) is 0 Å². The zero-order valence-corrected chi connectivity index (χ0v) is 26.1. The summed E-state index contributed by atoms with van der Waals surface area (Å²) in [6.07, 6.45) is 29.7. The minimum absolute atomic E-state index is 0.0270. The molecule has 0 spiro atoms. The predicted octanol–water partition coefficient (Wildman–Crippen LogP) is 10.3. The van der Waals surface area contributed by atoms with Gasteiger partial charge in [-0.05, 0) is 25.3 Å². The second-order valence-corrected chi connectivity index (χ2v) is 11.8. The second-order valence-electron chi connectivity index (χ2n) is 11.8. The summed E-state index contributed by atoms with van der Waals surface area (Å²) >= 11 is 0. The number of hydrogen-bond donors (Lipinski definition) is 0. The summed E-state index contributed by atoms with van der Waals surface area (Å²) in [7, 11) is 0. The highest BCUT2D eigenvalue weighted by atomic mass is 16.5. The summed E-state index contributed by atoms with van der Waals surface area (Å²) in [4.78, 5) is 12.2. The number of unbranched alkanes of at least 4 members (excludes halogenated alkanes) is 19. The fourth-order valence-electron chi connectivity index (χ4n) is 5.59. The minimum atomic E-state index is -0.0270. The molecule has 1 aromatic heterocycles. The van der Waals surface area contributed by atoms with Crippen molar-refractivity contribution in [2.45, 2.75) is 182 Å². The van der Waals surface area contributed by atoms with Gasteiger partial charge in [0.05, 0.1) is 0 Å². The fourth-order valence-corrected chi connectivity index (χ4v) is 5.59. The molecule has 0 aliphatic carbocycles. The van der Waals surface area contributed by atoms with E-state index in [9.17, 15) is 4.79 Å². The van der Waals surface area contributed by atoms with Crippen LogP contribution in [0.4, 0.5) is 0 Å². The normalized spacial score (nSPS) is 11.3. The molecule has 3 heteroatoms. The third-order valence-corrected chi connectivity index (χ3v) is 7.95. The summed E-state index contributed by atoms with van der Waals surface area (Å²) in [5.74, 6) is -0.0270. The van der Waals surface area contributed by atoms with Crippen LogP contribution in [0.15, 0.2) is 12.1 Å². The first-order chi connectivity index (χ1) is 18.6. The lowest BCUT2D eigenvalue weighted by molar-refractivity contribution is -0.710. The van der Waals surface area contributed by atoms with E-state index in [1.165, 1.54) is 139 Å². The number of carbonyl (C=O) groups excluding carboxylic acids is 1. The zero-order valence-electron chi connectivity index (χ0n) is 26.1. The number of rotatable bonds is 26. The van der Waals surface area contributed by atoms with Crippen molar-refractivity contribution in [3.63, 3.8) is 0 Å². The van der Waals surface area contributed by atoms with Crippen LogP contribution in [0.2, 0.25) is 0 Å². The van der Waals surface area contributed by atoms with Crippen molar-refractivity contribution in [2.24, 2.45) is 0 Å². The van der Waals surface area contributed by atoms with E-state index < -0.39 is 0 Å². The van der Waals surface area contributed by atoms with E-state index in [1.807, 2.05) is 0 Å². The smallest absolute Gasteiger partial charge is 0.306 e. The molecule has 220 valence electrons. The van der Waals surface area contributed by atoms with Crippen molar-refractivity contribution >= 4 is 5.97 Å². The van der Waals surface area contributed by atoms with Crippen LogP contribution in [0.1, 0.15) is 172 Å². The predicted molar refractivity (Wildman–Crippen MR) is 164 cm³/mol. The highest BCUT2D eigenvalue weighted by Crippen LogP contribution is 2.14. The molecular formula is C35H64NO2+. The molecule has 0 aliphatic rings. The van der Waals surface area contributed by atoms with E-state index in [0.29, 0.717) is 13.0 Å². The Bertz CT molecular complexity index is 699. The van der Waals surface area contributed by atoms with Crippen LogP contribution in [0.5, 0.6) is 0 Å². The average Bonchev–Trinajstić information content (AvgIpc) is 2.89. The number of pyridine rings is 1. The molecular weight excluding hydrogens is 466 g/mol. The molecule has 1 aromatic rings. The Hall–Kier alpha value is -1.38. The molecule has 3 nitrogen and oxygen atoms in total. The number of nitrogens with zero attached hydrogens (tertiary/aromatic N) is 1. The number of hydrogen-bond acceptors (Lipinski definition) is 2. The maximum Gasteiger partial charge on any atom is 0.306 e. The van der Waals surface area contributed by atoms with Crippen LogP contribution in [0, 0.1) is 13.8 Å². The average molecular weight is 531 g/mol. The third kappa shape index (κ3) is 18.8. The lowest BCUT2D eigenvalue weighted by atomic mass is 10.0. The highest BCUT2D eigenvalue weighted by Gasteiger charge is 2.16. The molecule has 1 heterocycles. The lowest BCUT2D eigenvalue weighted by Crippen LogP contribution is -2.43. The Morgan fingerprint density at radius 1 is 0.632 bits per heavy atom. The number of carbonyl (C=O) groups is 1. The van der Waals surface area contributed by atoms with Crippen LogP contribution < -0.4 is 4.57 Å². The Labute approximate surface area is 237 Å². The molecule has 0 unspecified atom stereocenters. The molecule has 0 N–H and O–H groups in total. The van der Waals surface area contributed by atoms with E-state index in [4.69, 9.17) is 4.74 Å². The van der Waals surface area contributed by atoms with Crippen LogP contribution in [-0.2, 0) is 22.5 Å². The molecule has 0 fully saturated rings. The molecule has 0 atom stereocenters. The van der Waals surface area contributed by atoms with E-state index in [2.05, 4.69) is 44.4 Å². The number of aryl methyl sites for hydroxylation is 3. The molecule has 0 aliphatic heterocycles. The summed E-state index contributed by atoms with van der Waals surface area (Å²) in [6, 6.07) is 4.57. The van der Waals surface area contributed by atoms with Crippen LogP contribution >= 0.6 is 0 Å². The SMILES string of the molecule is CCCCCCCCCCCCCCc1cc(C)cc(C)[n+]1CCOC(=O)CCCCCCCCCCC. The standard InChI is InChI=1S/C35H64NO2/c1-5-7-9-11-13-15-16-17-19-20-22-24-26-34-31-32(3)30-33(4)36(34)28-29-38-35(37)27-25-23-21-18-14-12-10-8-6-2/h30-31H,5-29H2,1-4H3/q+1. The fraction of sp³-hybridized carbons (Fsp3) is 0.829. The van der Waals surface area contributed by atoms with Crippen molar-refractivity contribution in [3.8, 4) is 0 Å². The van der Waals surface area contributed by atoms with Crippen molar-refractivity contribution < 1.29 is 14.1 Å². The van der Waals surface area contributed by atoms with Gasteiger partial charge < -0.3 is 4.74 Å². The quantitative estimate of drug-likeness (QED) is 0.0677. The van der Waals surface area contributed by atoms with Gasteiger partial charge in [0.1, 0.15) is 0 Å². The molecule has 0 aromatic carbocycles. The van der Waals surface area contributed by atoms with Crippen molar-refractivity contribution in [2.75, 3.05) is 6.61 Å². The van der Waals surface area contributed by atoms with Gasteiger partial charge in [-0.15, -0.1) is 0 Å². The van der Waals surface area contributed by atoms with Gasteiger partial charge in [-0.2, -0.15) is 4.57 Å². The summed E-state index contributed by atoms with van der Waals surface area (Å²) in [5.41, 5.74) is 3.99. The van der Waals surface area contributed by atoms with Crippen molar-refractivity contribution in [3.05, 3.63) is 29.1 Å². The van der Waals surface area contributed by atoms with Gasteiger partial charge in [-0.1, -0.05) is 136 Å². The first-order valence-corrected chi connectivity index (χ1v) is 16.7. The zero-order chi connectivity index (χ0) is 27.7. The molecule has 0 saturated heterocycles. The van der Waals surface area contributed by atoms with E-state index in [0.717, 1.165) is 25.8 Å². The summed E-state index contributed by atoms with van der Waals surface area (Å²) in [6.45, 7) is 10.2.